The fourth-order valence-electron chi connectivity index (χ4n) is 2.89. The number of thioether (sulfide) groups is 1. The lowest BCUT2D eigenvalue weighted by molar-refractivity contribution is -0.115. The van der Waals surface area contributed by atoms with Gasteiger partial charge in [0.1, 0.15) is 5.25 Å². The van der Waals surface area contributed by atoms with Crippen molar-refractivity contribution in [3.63, 3.8) is 0 Å². The van der Waals surface area contributed by atoms with Gasteiger partial charge in [-0.25, -0.2) is 4.68 Å². The number of nitrogens with one attached hydrogen (secondary N) is 1. The van der Waals surface area contributed by atoms with Crippen molar-refractivity contribution in [2.24, 2.45) is 0 Å². The Bertz CT molecular complexity index is 952. The minimum absolute atomic E-state index is 0.0785. The van der Waals surface area contributed by atoms with Gasteiger partial charge in [-0.2, -0.15) is 0 Å². The van der Waals surface area contributed by atoms with E-state index in [1.165, 1.54) is 11.8 Å². The van der Waals surface area contributed by atoms with E-state index in [0.29, 0.717) is 11.2 Å². The molecule has 1 fully saturated rings. The highest BCUT2D eigenvalue weighted by atomic mass is 32.2. The van der Waals surface area contributed by atoms with Gasteiger partial charge in [0.15, 0.2) is 0 Å². The molecule has 0 spiro atoms. The van der Waals surface area contributed by atoms with Crippen LogP contribution in [0.2, 0.25) is 0 Å². The van der Waals surface area contributed by atoms with Crippen molar-refractivity contribution < 1.29 is 4.79 Å². The van der Waals surface area contributed by atoms with Crippen molar-refractivity contribution in [3.05, 3.63) is 65.2 Å². The number of amides is 1. The monoisotopic (exact) mass is 379 g/mol. The van der Waals surface area contributed by atoms with Gasteiger partial charge in [0.25, 0.3) is 0 Å². The summed E-state index contributed by atoms with van der Waals surface area (Å²) < 4.78 is 1.84. The molecule has 1 saturated carbocycles. The zero-order chi connectivity index (χ0) is 18.8. The molecule has 0 radical (unpaired) electrons. The van der Waals surface area contributed by atoms with Gasteiger partial charge in [0.2, 0.25) is 11.1 Å². The standard InChI is InChI=1S/C20H21N5OS/c1-13-8-9-14(2)17(12-13)21-19(26)18(15-6-4-3-5-7-15)27-20-22-23-24-25(20)16-10-11-16/h3-9,12,16,18H,10-11H2,1-2H3,(H,21,26). The van der Waals surface area contributed by atoms with E-state index in [9.17, 15) is 4.79 Å². The quantitative estimate of drug-likeness (QED) is 0.653. The Kier molecular flexibility index (Phi) is 4.94. The summed E-state index contributed by atoms with van der Waals surface area (Å²) in [6.45, 7) is 4.01. The summed E-state index contributed by atoms with van der Waals surface area (Å²) in [5.41, 5.74) is 3.91. The van der Waals surface area contributed by atoms with Crippen molar-refractivity contribution >= 4 is 23.4 Å². The number of hydrogen-bond acceptors (Lipinski definition) is 5. The van der Waals surface area contributed by atoms with E-state index in [2.05, 4.69) is 20.8 Å². The number of nitrogens with zero attached hydrogens (tertiary/aromatic N) is 4. The van der Waals surface area contributed by atoms with Gasteiger partial charge >= 0.3 is 0 Å². The Hall–Kier alpha value is -2.67. The Morgan fingerprint density at radius 2 is 1.96 bits per heavy atom. The van der Waals surface area contributed by atoms with E-state index in [0.717, 1.165) is 35.2 Å². The molecule has 1 unspecified atom stereocenters. The lowest BCUT2D eigenvalue weighted by atomic mass is 10.1. The van der Waals surface area contributed by atoms with E-state index in [-0.39, 0.29) is 5.91 Å². The van der Waals surface area contributed by atoms with Crippen molar-refractivity contribution in [1.82, 2.24) is 20.2 Å². The molecule has 1 aliphatic rings. The van der Waals surface area contributed by atoms with Crippen LogP contribution >= 0.6 is 11.8 Å². The average molecular weight is 379 g/mol. The first-order valence-corrected chi connectivity index (χ1v) is 9.87. The van der Waals surface area contributed by atoms with E-state index in [4.69, 9.17) is 0 Å². The number of aromatic nitrogens is 4. The zero-order valence-corrected chi connectivity index (χ0v) is 16.1. The predicted molar refractivity (Wildman–Crippen MR) is 106 cm³/mol. The van der Waals surface area contributed by atoms with Gasteiger partial charge in [-0.3, -0.25) is 4.79 Å². The second-order valence-electron chi connectivity index (χ2n) is 6.85. The Labute approximate surface area is 162 Å². The molecule has 27 heavy (non-hydrogen) atoms. The molecule has 1 aromatic heterocycles. The maximum absolute atomic E-state index is 13.2. The summed E-state index contributed by atoms with van der Waals surface area (Å²) in [5.74, 6) is -0.0785. The normalized spacial score (nSPS) is 14.7. The number of anilines is 1. The van der Waals surface area contributed by atoms with Gasteiger partial charge in [-0.1, -0.05) is 54.2 Å². The fraction of sp³-hybridized carbons (Fsp3) is 0.300. The third-order valence-electron chi connectivity index (χ3n) is 4.57. The largest absolute Gasteiger partial charge is 0.325 e. The molecule has 1 amide bonds. The summed E-state index contributed by atoms with van der Waals surface area (Å²) in [4.78, 5) is 13.2. The number of hydrogen-bond donors (Lipinski definition) is 1. The predicted octanol–water partition coefficient (Wildman–Crippen LogP) is 4.10. The van der Waals surface area contributed by atoms with E-state index in [1.807, 2.05) is 67.1 Å². The van der Waals surface area contributed by atoms with E-state index >= 15 is 0 Å². The molecule has 0 bridgehead atoms. The van der Waals surface area contributed by atoms with Crippen LogP contribution in [-0.4, -0.2) is 26.1 Å². The molecule has 1 aliphatic carbocycles. The highest BCUT2D eigenvalue weighted by molar-refractivity contribution is 8.00. The average Bonchev–Trinajstić information content (AvgIpc) is 3.41. The van der Waals surface area contributed by atoms with Crippen LogP contribution in [0.1, 0.15) is 40.8 Å². The van der Waals surface area contributed by atoms with Gasteiger partial charge in [-0.15, -0.1) is 5.10 Å². The van der Waals surface area contributed by atoms with Crippen LogP contribution in [0, 0.1) is 13.8 Å². The lowest BCUT2D eigenvalue weighted by Crippen LogP contribution is -2.20. The molecule has 1 N–H and O–H groups in total. The summed E-state index contributed by atoms with van der Waals surface area (Å²) in [7, 11) is 0. The van der Waals surface area contributed by atoms with Gasteiger partial charge in [0, 0.05) is 5.69 Å². The topological polar surface area (TPSA) is 72.7 Å². The zero-order valence-electron chi connectivity index (χ0n) is 15.3. The first-order chi connectivity index (χ1) is 13.1. The molecule has 1 atom stereocenters. The molecular formula is C20H21N5OS. The van der Waals surface area contributed by atoms with Gasteiger partial charge < -0.3 is 5.32 Å². The number of benzene rings is 2. The van der Waals surface area contributed by atoms with Crippen LogP contribution in [0.25, 0.3) is 0 Å². The molecule has 4 rings (SSSR count). The lowest BCUT2D eigenvalue weighted by Gasteiger charge is -2.17. The Balaban J connectivity index is 1.62. The van der Waals surface area contributed by atoms with Crippen LogP contribution in [0.5, 0.6) is 0 Å². The Morgan fingerprint density at radius 3 is 2.70 bits per heavy atom. The molecule has 6 nitrogen and oxygen atoms in total. The van der Waals surface area contributed by atoms with Crippen LogP contribution in [0.4, 0.5) is 5.69 Å². The van der Waals surface area contributed by atoms with Crippen molar-refractivity contribution in [3.8, 4) is 0 Å². The molecular weight excluding hydrogens is 358 g/mol. The molecule has 0 saturated heterocycles. The molecule has 2 aromatic carbocycles. The SMILES string of the molecule is Cc1ccc(C)c(NC(=O)C(Sc2nnnn2C2CC2)c2ccccc2)c1. The summed E-state index contributed by atoms with van der Waals surface area (Å²) in [6, 6.07) is 16.2. The molecule has 138 valence electrons. The van der Waals surface area contributed by atoms with E-state index in [1.54, 1.807) is 0 Å². The molecule has 0 aliphatic heterocycles. The van der Waals surface area contributed by atoms with E-state index < -0.39 is 5.25 Å². The summed E-state index contributed by atoms with van der Waals surface area (Å²) in [5, 5.41) is 15.4. The first kappa shape index (κ1) is 17.7. The number of rotatable bonds is 6. The second-order valence-corrected chi connectivity index (χ2v) is 7.93. The van der Waals surface area contributed by atoms with Crippen LogP contribution in [0.15, 0.2) is 53.7 Å². The van der Waals surface area contributed by atoms with Crippen LogP contribution in [-0.2, 0) is 4.79 Å². The van der Waals surface area contributed by atoms with Gasteiger partial charge in [-0.05, 0) is 59.9 Å². The number of carbonyl (C=O) groups is 1. The summed E-state index contributed by atoms with van der Waals surface area (Å²) >= 11 is 1.40. The smallest absolute Gasteiger partial charge is 0.242 e. The van der Waals surface area contributed by atoms with Crippen molar-refractivity contribution in [2.45, 2.75) is 43.1 Å². The minimum atomic E-state index is -0.436. The number of tetrazole rings is 1. The van der Waals surface area contributed by atoms with Crippen molar-refractivity contribution in [2.75, 3.05) is 5.32 Å². The maximum atomic E-state index is 13.2. The highest BCUT2D eigenvalue weighted by Gasteiger charge is 2.31. The molecule has 1 heterocycles. The Morgan fingerprint density at radius 1 is 1.19 bits per heavy atom. The highest BCUT2D eigenvalue weighted by Crippen LogP contribution is 2.40. The van der Waals surface area contributed by atoms with Crippen LogP contribution in [0.3, 0.4) is 0 Å². The van der Waals surface area contributed by atoms with Crippen LogP contribution < -0.4 is 5.32 Å². The van der Waals surface area contributed by atoms with Gasteiger partial charge in [0.05, 0.1) is 6.04 Å². The number of aryl methyl sites for hydroxylation is 2. The first-order valence-electron chi connectivity index (χ1n) is 8.99. The molecule has 3 aromatic rings. The minimum Gasteiger partial charge on any atom is -0.325 e. The maximum Gasteiger partial charge on any atom is 0.242 e. The number of carbonyl (C=O) groups excluding carboxylic acids is 1. The second kappa shape index (κ2) is 7.52. The summed E-state index contributed by atoms with van der Waals surface area (Å²) in [6.07, 6.45) is 2.17. The van der Waals surface area contributed by atoms with Crippen molar-refractivity contribution in [1.29, 1.82) is 0 Å². The third-order valence-corrected chi connectivity index (χ3v) is 5.77. The fourth-order valence-corrected chi connectivity index (χ4v) is 3.93. The molecule has 7 heteroatoms. The third kappa shape index (κ3) is 4.03.